The number of fused-ring (bicyclic) bond motifs is 2. The number of likely N-dealkylation sites (tertiary alicyclic amines) is 1. The molecule has 4 aromatic rings. The Balaban J connectivity index is 1.26. The number of likely N-dealkylation sites (N-methyl/N-ethyl adjacent to an activating group) is 1. The number of carbonyl (C=O) groups excluding carboxylic acids is 4. The van der Waals surface area contributed by atoms with E-state index in [2.05, 4.69) is 5.32 Å². The van der Waals surface area contributed by atoms with E-state index in [0.29, 0.717) is 6.54 Å². The van der Waals surface area contributed by atoms with Crippen LogP contribution in [0.5, 0.6) is 0 Å². The summed E-state index contributed by atoms with van der Waals surface area (Å²) >= 11 is 0. The summed E-state index contributed by atoms with van der Waals surface area (Å²) < 4.78 is 5.70. The zero-order valence-electron chi connectivity index (χ0n) is 29.6. The molecule has 0 spiro atoms. The molecule has 10 heteroatoms. The summed E-state index contributed by atoms with van der Waals surface area (Å²) in [5, 5.41) is 15.9. The Hall–Kier alpha value is -5.22. The summed E-state index contributed by atoms with van der Waals surface area (Å²) in [7, 11) is 1.70. The highest BCUT2D eigenvalue weighted by Crippen LogP contribution is 2.29. The summed E-state index contributed by atoms with van der Waals surface area (Å²) in [4.78, 5) is 60.5. The average molecular weight is 691 g/mol. The molecule has 4 atom stereocenters. The van der Waals surface area contributed by atoms with Gasteiger partial charge in [-0.15, -0.1) is 0 Å². The standard InChI is InChI=1S/C41H46N4O6/c1-41(2,3)51-40(50)45-25-32-17-11-10-16-31(32)22-36(45)39(49)44-26-33(46)23-35(44)37(47)42-34(38(48)43(4)24-27-12-6-5-7-13-27)21-28-18-19-29-14-8-9-15-30(29)20-28/h5-20,33-36,46H,21-26H2,1-4H3,(H,42,47)/t33-,34+,35+,36+/m1/s1. The van der Waals surface area contributed by atoms with Crippen LogP contribution in [0.15, 0.2) is 97.1 Å². The molecule has 10 nitrogen and oxygen atoms in total. The van der Waals surface area contributed by atoms with E-state index >= 15 is 0 Å². The molecule has 0 unspecified atom stereocenters. The molecule has 4 amide bonds. The molecule has 1 fully saturated rings. The number of nitrogens with one attached hydrogen (secondary N) is 1. The number of rotatable bonds is 8. The molecule has 51 heavy (non-hydrogen) atoms. The maximum Gasteiger partial charge on any atom is 0.411 e. The SMILES string of the molecule is CN(Cc1ccccc1)C(=O)[C@H](Cc1ccc2ccccc2c1)NC(=O)[C@@H]1C[C@@H](O)CN1C(=O)[C@@H]1Cc2ccccc2CN1C(=O)OC(C)(C)C. The quantitative estimate of drug-likeness (QED) is 0.273. The number of hydrogen-bond acceptors (Lipinski definition) is 6. The van der Waals surface area contributed by atoms with Gasteiger partial charge in [-0.05, 0) is 53.8 Å². The number of aliphatic hydroxyl groups excluding tert-OH is 1. The number of hydrogen-bond donors (Lipinski definition) is 2. The lowest BCUT2D eigenvalue weighted by Crippen LogP contribution is -2.58. The van der Waals surface area contributed by atoms with Crippen LogP contribution in [-0.2, 0) is 45.1 Å². The lowest BCUT2D eigenvalue weighted by Gasteiger charge is -2.39. The summed E-state index contributed by atoms with van der Waals surface area (Å²) in [6, 6.07) is 28.2. The Morgan fingerprint density at radius 1 is 0.843 bits per heavy atom. The molecule has 2 aliphatic heterocycles. The Labute approximate surface area is 299 Å². The Kier molecular flexibility index (Phi) is 10.4. The molecule has 0 aromatic heterocycles. The minimum absolute atomic E-state index is 0.00403. The first-order chi connectivity index (χ1) is 24.4. The Morgan fingerprint density at radius 3 is 2.24 bits per heavy atom. The van der Waals surface area contributed by atoms with E-state index in [1.54, 1.807) is 32.7 Å². The molecule has 4 aromatic carbocycles. The maximum atomic E-state index is 14.4. The van der Waals surface area contributed by atoms with Crippen LogP contribution in [-0.4, -0.2) is 87.0 Å². The molecule has 1 saturated heterocycles. The highest BCUT2D eigenvalue weighted by atomic mass is 16.6. The number of amides is 4. The smallest absolute Gasteiger partial charge is 0.411 e. The zero-order chi connectivity index (χ0) is 36.3. The van der Waals surface area contributed by atoms with E-state index < -0.39 is 47.7 Å². The van der Waals surface area contributed by atoms with Crippen LogP contribution in [0.25, 0.3) is 10.8 Å². The van der Waals surface area contributed by atoms with Gasteiger partial charge in [0.05, 0.1) is 12.6 Å². The summed E-state index contributed by atoms with van der Waals surface area (Å²) in [5.41, 5.74) is 2.88. The minimum Gasteiger partial charge on any atom is -0.444 e. The first-order valence-corrected chi connectivity index (χ1v) is 17.5. The van der Waals surface area contributed by atoms with Crippen molar-refractivity contribution in [3.8, 4) is 0 Å². The highest BCUT2D eigenvalue weighted by molar-refractivity contribution is 5.95. The van der Waals surface area contributed by atoms with Crippen LogP contribution in [0.2, 0.25) is 0 Å². The molecular formula is C41H46N4O6. The van der Waals surface area contributed by atoms with Gasteiger partial charge in [-0.25, -0.2) is 4.79 Å². The summed E-state index contributed by atoms with van der Waals surface area (Å²) in [6.07, 6.45) is -1.11. The third kappa shape index (κ3) is 8.40. The number of nitrogens with zero attached hydrogens (tertiary/aromatic N) is 3. The number of aliphatic hydroxyl groups is 1. The van der Waals surface area contributed by atoms with Crippen LogP contribution >= 0.6 is 0 Å². The van der Waals surface area contributed by atoms with E-state index in [-0.39, 0.29) is 38.3 Å². The van der Waals surface area contributed by atoms with Gasteiger partial charge in [0.1, 0.15) is 23.7 Å². The van der Waals surface area contributed by atoms with Crippen molar-refractivity contribution in [2.75, 3.05) is 13.6 Å². The van der Waals surface area contributed by atoms with Crippen molar-refractivity contribution < 1.29 is 29.0 Å². The maximum absolute atomic E-state index is 14.4. The second kappa shape index (κ2) is 14.9. The van der Waals surface area contributed by atoms with E-state index in [1.807, 2.05) is 97.1 Å². The van der Waals surface area contributed by atoms with Gasteiger partial charge >= 0.3 is 6.09 Å². The van der Waals surface area contributed by atoms with Crippen molar-refractivity contribution in [2.24, 2.45) is 0 Å². The van der Waals surface area contributed by atoms with Crippen LogP contribution in [0, 0.1) is 0 Å². The van der Waals surface area contributed by atoms with Gasteiger partial charge in [0, 0.05) is 39.4 Å². The third-order valence-corrected chi connectivity index (χ3v) is 9.53. The molecule has 0 bridgehead atoms. The van der Waals surface area contributed by atoms with Crippen molar-refractivity contribution in [3.05, 3.63) is 119 Å². The van der Waals surface area contributed by atoms with Crippen molar-refractivity contribution in [3.63, 3.8) is 0 Å². The van der Waals surface area contributed by atoms with E-state index in [1.165, 1.54) is 9.80 Å². The van der Waals surface area contributed by atoms with Gasteiger partial charge in [-0.1, -0.05) is 97.1 Å². The summed E-state index contributed by atoms with van der Waals surface area (Å²) in [5.74, 6) is -1.27. The average Bonchev–Trinajstić information content (AvgIpc) is 3.51. The predicted molar refractivity (Wildman–Crippen MR) is 194 cm³/mol. The fourth-order valence-corrected chi connectivity index (χ4v) is 7.02. The molecule has 0 aliphatic carbocycles. The van der Waals surface area contributed by atoms with Crippen LogP contribution in [0.4, 0.5) is 4.79 Å². The van der Waals surface area contributed by atoms with Crippen molar-refractivity contribution >= 4 is 34.6 Å². The molecule has 2 N–H and O–H groups in total. The fraction of sp³-hybridized carbons (Fsp3) is 0.366. The minimum atomic E-state index is -1.04. The van der Waals surface area contributed by atoms with Gasteiger partial charge in [-0.3, -0.25) is 19.3 Å². The second-order valence-corrected chi connectivity index (χ2v) is 14.6. The third-order valence-electron chi connectivity index (χ3n) is 9.53. The molecule has 2 heterocycles. The van der Waals surface area contributed by atoms with Crippen molar-refractivity contribution in [1.82, 2.24) is 20.0 Å². The van der Waals surface area contributed by atoms with Gasteiger partial charge in [-0.2, -0.15) is 0 Å². The predicted octanol–water partition coefficient (Wildman–Crippen LogP) is 4.85. The second-order valence-electron chi connectivity index (χ2n) is 14.6. The monoisotopic (exact) mass is 690 g/mol. The first-order valence-electron chi connectivity index (χ1n) is 17.5. The van der Waals surface area contributed by atoms with E-state index in [9.17, 15) is 24.3 Å². The Morgan fingerprint density at radius 2 is 1.51 bits per heavy atom. The Bertz CT molecular complexity index is 1910. The molecule has 266 valence electrons. The molecule has 0 saturated carbocycles. The lowest BCUT2D eigenvalue weighted by atomic mass is 9.93. The van der Waals surface area contributed by atoms with Crippen LogP contribution in [0.1, 0.15) is 49.4 Å². The molecule has 6 rings (SSSR count). The fourth-order valence-electron chi connectivity index (χ4n) is 7.02. The number of ether oxygens (including phenoxy) is 1. The van der Waals surface area contributed by atoms with E-state index in [0.717, 1.165) is 33.0 Å². The zero-order valence-corrected chi connectivity index (χ0v) is 29.6. The normalized spacial score (nSPS) is 19.3. The van der Waals surface area contributed by atoms with Crippen LogP contribution < -0.4 is 5.32 Å². The molecule has 0 radical (unpaired) electrons. The van der Waals surface area contributed by atoms with Gasteiger partial charge in [0.25, 0.3) is 0 Å². The van der Waals surface area contributed by atoms with Gasteiger partial charge in [0.2, 0.25) is 17.7 Å². The molecular weight excluding hydrogens is 644 g/mol. The topological polar surface area (TPSA) is 119 Å². The van der Waals surface area contributed by atoms with E-state index in [4.69, 9.17) is 4.74 Å². The largest absolute Gasteiger partial charge is 0.444 e. The van der Waals surface area contributed by atoms with Gasteiger partial charge in [0.15, 0.2) is 0 Å². The van der Waals surface area contributed by atoms with Gasteiger partial charge < -0.3 is 25.0 Å². The number of β-amino-alcohol motifs (C(OH)–C–C–N with tert-alkyl or cyclic N) is 1. The summed E-state index contributed by atoms with van der Waals surface area (Å²) in [6.45, 7) is 5.75. The number of carbonyl (C=O) groups is 4. The van der Waals surface area contributed by atoms with Crippen molar-refractivity contribution in [2.45, 2.75) is 83.0 Å². The molecule has 2 aliphatic rings. The first kappa shape index (κ1) is 35.6. The lowest BCUT2D eigenvalue weighted by molar-refractivity contribution is -0.144. The number of benzene rings is 4. The highest BCUT2D eigenvalue weighted by Gasteiger charge is 2.46. The van der Waals surface area contributed by atoms with Crippen LogP contribution in [0.3, 0.4) is 0 Å². The van der Waals surface area contributed by atoms with Crippen molar-refractivity contribution in [1.29, 1.82) is 0 Å².